The zero-order valence-corrected chi connectivity index (χ0v) is 10.3. The van der Waals surface area contributed by atoms with E-state index in [1.54, 1.807) is 12.1 Å². The Morgan fingerprint density at radius 1 is 1.06 bits per heavy atom. The second kappa shape index (κ2) is 5.52. The van der Waals surface area contributed by atoms with E-state index in [4.69, 9.17) is 16.7 Å². The molecule has 0 aliphatic heterocycles. The predicted octanol–water partition coefficient (Wildman–Crippen LogP) is 4.21. The lowest BCUT2D eigenvalue weighted by molar-refractivity contribution is 0.0697. The van der Waals surface area contributed by atoms with Gasteiger partial charge >= 0.3 is 5.97 Å². The third-order valence-corrected chi connectivity index (χ3v) is 2.83. The quantitative estimate of drug-likeness (QED) is 0.838. The molecule has 0 unspecified atom stereocenters. The number of benzene rings is 2. The van der Waals surface area contributed by atoms with Crippen LogP contribution in [0.2, 0.25) is 5.02 Å². The molecule has 18 heavy (non-hydrogen) atoms. The van der Waals surface area contributed by atoms with Gasteiger partial charge in [-0.2, -0.15) is 0 Å². The number of hydrogen-bond donors (Lipinski definition) is 1. The van der Waals surface area contributed by atoms with Crippen LogP contribution in [-0.4, -0.2) is 11.1 Å². The van der Waals surface area contributed by atoms with E-state index >= 15 is 0 Å². The molecule has 0 aliphatic carbocycles. The van der Waals surface area contributed by atoms with E-state index in [1.165, 1.54) is 6.07 Å². The van der Waals surface area contributed by atoms with Crippen LogP contribution in [0.4, 0.5) is 0 Å². The molecule has 0 spiro atoms. The molecule has 0 radical (unpaired) electrons. The Hall–Kier alpha value is -2.06. The Morgan fingerprint density at radius 2 is 1.78 bits per heavy atom. The van der Waals surface area contributed by atoms with Crippen LogP contribution in [0.15, 0.2) is 48.5 Å². The molecule has 0 saturated carbocycles. The van der Waals surface area contributed by atoms with Gasteiger partial charge in [0.2, 0.25) is 0 Å². The van der Waals surface area contributed by atoms with E-state index in [1.807, 2.05) is 42.5 Å². The number of rotatable bonds is 3. The van der Waals surface area contributed by atoms with Gasteiger partial charge in [0.15, 0.2) is 0 Å². The predicted molar refractivity (Wildman–Crippen MR) is 73.8 cm³/mol. The van der Waals surface area contributed by atoms with Crippen LogP contribution in [-0.2, 0) is 0 Å². The lowest BCUT2D eigenvalue weighted by Gasteiger charge is -2.00. The molecule has 0 aromatic heterocycles. The van der Waals surface area contributed by atoms with Gasteiger partial charge in [0.25, 0.3) is 0 Å². The first kappa shape index (κ1) is 12.4. The van der Waals surface area contributed by atoms with Crippen LogP contribution in [0.3, 0.4) is 0 Å². The monoisotopic (exact) mass is 258 g/mol. The van der Waals surface area contributed by atoms with Gasteiger partial charge in [-0.1, -0.05) is 60.2 Å². The van der Waals surface area contributed by atoms with Crippen LogP contribution in [0.1, 0.15) is 21.5 Å². The zero-order chi connectivity index (χ0) is 13.0. The normalized spacial score (nSPS) is 10.7. The highest BCUT2D eigenvalue weighted by atomic mass is 35.5. The van der Waals surface area contributed by atoms with Gasteiger partial charge in [-0.25, -0.2) is 4.79 Å². The molecule has 3 heteroatoms. The number of halogens is 1. The molecule has 1 N–H and O–H groups in total. The fourth-order valence-electron chi connectivity index (χ4n) is 1.55. The number of carbonyl (C=O) groups is 1. The Labute approximate surface area is 110 Å². The first-order valence-electron chi connectivity index (χ1n) is 5.43. The Bertz CT molecular complexity index is 589. The largest absolute Gasteiger partial charge is 0.478 e. The molecule has 0 saturated heterocycles. The third kappa shape index (κ3) is 2.99. The highest BCUT2D eigenvalue weighted by Gasteiger charge is 2.04. The molecule has 90 valence electrons. The van der Waals surface area contributed by atoms with Crippen molar-refractivity contribution >= 4 is 29.7 Å². The first-order valence-corrected chi connectivity index (χ1v) is 5.80. The van der Waals surface area contributed by atoms with Crippen LogP contribution < -0.4 is 0 Å². The van der Waals surface area contributed by atoms with E-state index in [0.717, 1.165) is 11.1 Å². The summed E-state index contributed by atoms with van der Waals surface area (Å²) < 4.78 is 0. The highest BCUT2D eigenvalue weighted by Crippen LogP contribution is 2.20. The average molecular weight is 259 g/mol. The molecule has 0 amide bonds. The van der Waals surface area contributed by atoms with E-state index in [9.17, 15) is 4.79 Å². The molecule has 0 bridgehead atoms. The van der Waals surface area contributed by atoms with Crippen molar-refractivity contribution in [3.8, 4) is 0 Å². The summed E-state index contributed by atoms with van der Waals surface area (Å²) in [5.74, 6) is -0.976. The maximum atomic E-state index is 10.8. The topological polar surface area (TPSA) is 37.3 Å². The molecule has 2 aromatic carbocycles. The lowest BCUT2D eigenvalue weighted by Crippen LogP contribution is -1.95. The summed E-state index contributed by atoms with van der Waals surface area (Å²) in [6.07, 6.45) is 3.80. The molecule has 2 rings (SSSR count). The number of aromatic carboxylic acids is 1. The summed E-state index contributed by atoms with van der Waals surface area (Å²) in [6, 6.07) is 14.5. The van der Waals surface area contributed by atoms with E-state index in [-0.39, 0.29) is 5.56 Å². The smallest absolute Gasteiger partial charge is 0.335 e. The van der Waals surface area contributed by atoms with E-state index < -0.39 is 5.97 Å². The Balaban J connectivity index is 2.25. The third-order valence-electron chi connectivity index (χ3n) is 2.50. The maximum absolute atomic E-state index is 10.8. The SMILES string of the molecule is O=C(O)c1ccc(/C=C/c2ccccc2)c(Cl)c1. The minimum atomic E-state index is -0.976. The molecule has 0 atom stereocenters. The minimum Gasteiger partial charge on any atom is -0.478 e. The van der Waals surface area contributed by atoms with Gasteiger partial charge in [0.05, 0.1) is 5.56 Å². The average Bonchev–Trinajstić information content (AvgIpc) is 2.38. The van der Waals surface area contributed by atoms with Crippen molar-refractivity contribution in [3.05, 3.63) is 70.2 Å². The van der Waals surface area contributed by atoms with Gasteiger partial charge in [-0.3, -0.25) is 0 Å². The fraction of sp³-hybridized carbons (Fsp3) is 0. The second-order valence-corrected chi connectivity index (χ2v) is 4.19. The van der Waals surface area contributed by atoms with Gasteiger partial charge < -0.3 is 5.11 Å². The Kier molecular flexibility index (Phi) is 3.80. The molecular formula is C15H11ClO2. The van der Waals surface area contributed by atoms with Crippen molar-refractivity contribution < 1.29 is 9.90 Å². The lowest BCUT2D eigenvalue weighted by atomic mass is 10.1. The summed E-state index contributed by atoms with van der Waals surface area (Å²) in [6.45, 7) is 0. The van der Waals surface area contributed by atoms with Gasteiger partial charge in [-0.15, -0.1) is 0 Å². The van der Waals surface area contributed by atoms with Crippen molar-refractivity contribution in [1.82, 2.24) is 0 Å². The van der Waals surface area contributed by atoms with E-state index in [2.05, 4.69) is 0 Å². The van der Waals surface area contributed by atoms with E-state index in [0.29, 0.717) is 5.02 Å². The van der Waals surface area contributed by atoms with Crippen molar-refractivity contribution in [1.29, 1.82) is 0 Å². The van der Waals surface area contributed by atoms with Crippen molar-refractivity contribution in [2.24, 2.45) is 0 Å². The zero-order valence-electron chi connectivity index (χ0n) is 9.51. The van der Waals surface area contributed by atoms with Gasteiger partial charge in [-0.05, 0) is 23.3 Å². The number of hydrogen-bond acceptors (Lipinski definition) is 1. The highest BCUT2D eigenvalue weighted by molar-refractivity contribution is 6.32. The van der Waals surface area contributed by atoms with Crippen molar-refractivity contribution in [2.75, 3.05) is 0 Å². The summed E-state index contributed by atoms with van der Waals surface area (Å²) in [5.41, 5.74) is 2.05. The minimum absolute atomic E-state index is 0.192. The second-order valence-electron chi connectivity index (χ2n) is 3.79. The standard InChI is InChI=1S/C15H11ClO2/c16-14-10-13(15(17)18)9-8-12(14)7-6-11-4-2-1-3-5-11/h1-10H,(H,17,18)/b7-6+. The van der Waals surface area contributed by atoms with Crippen molar-refractivity contribution in [2.45, 2.75) is 0 Å². The summed E-state index contributed by atoms with van der Waals surface area (Å²) in [5, 5.41) is 9.26. The number of carboxylic acids is 1. The molecule has 0 fully saturated rings. The first-order chi connectivity index (χ1) is 8.66. The van der Waals surface area contributed by atoms with Crippen LogP contribution in [0.25, 0.3) is 12.2 Å². The molecule has 0 heterocycles. The molecule has 2 nitrogen and oxygen atoms in total. The van der Waals surface area contributed by atoms with Crippen LogP contribution in [0, 0.1) is 0 Å². The summed E-state index contributed by atoms with van der Waals surface area (Å²) >= 11 is 6.03. The maximum Gasteiger partial charge on any atom is 0.335 e. The molecule has 0 aliphatic rings. The summed E-state index contributed by atoms with van der Waals surface area (Å²) in [4.78, 5) is 10.8. The van der Waals surface area contributed by atoms with Crippen LogP contribution >= 0.6 is 11.6 Å². The summed E-state index contributed by atoms with van der Waals surface area (Å²) in [7, 11) is 0. The molecule has 2 aromatic rings. The van der Waals surface area contributed by atoms with Crippen LogP contribution in [0.5, 0.6) is 0 Å². The number of carboxylic acid groups (broad SMARTS) is 1. The molecular weight excluding hydrogens is 248 g/mol. The van der Waals surface area contributed by atoms with Crippen molar-refractivity contribution in [3.63, 3.8) is 0 Å². The Morgan fingerprint density at radius 3 is 2.39 bits per heavy atom. The van der Waals surface area contributed by atoms with Gasteiger partial charge in [0.1, 0.15) is 0 Å². The van der Waals surface area contributed by atoms with Gasteiger partial charge in [0, 0.05) is 5.02 Å². The fourth-order valence-corrected chi connectivity index (χ4v) is 1.79.